The van der Waals surface area contributed by atoms with Crippen molar-refractivity contribution in [2.45, 2.75) is 9.79 Å². The number of halogens is 1. The summed E-state index contributed by atoms with van der Waals surface area (Å²) in [6, 6.07) is 9.34. The smallest absolute Gasteiger partial charge is 0.249 e. The van der Waals surface area contributed by atoms with Gasteiger partial charge >= 0.3 is 0 Å². The zero-order chi connectivity index (χ0) is 15.5. The maximum atomic E-state index is 12.8. The molecule has 8 heteroatoms. The molecule has 0 N–H and O–H groups in total. The number of carbonyl (C=O) groups is 1. The lowest BCUT2D eigenvalue weighted by Crippen LogP contribution is -2.03. The van der Waals surface area contributed by atoms with Crippen LogP contribution in [-0.2, 0) is 9.84 Å². The van der Waals surface area contributed by atoms with Crippen LogP contribution in [0.4, 0.5) is 4.39 Å². The molecule has 0 aromatic heterocycles. The predicted molar refractivity (Wildman–Crippen MR) is 71.8 cm³/mol. The second kappa shape index (κ2) is 5.74. The van der Waals surface area contributed by atoms with Gasteiger partial charge in [0.25, 0.3) is 0 Å². The minimum atomic E-state index is -3.79. The van der Waals surface area contributed by atoms with Gasteiger partial charge in [-0.15, -0.1) is 0 Å². The van der Waals surface area contributed by atoms with Gasteiger partial charge in [-0.25, -0.2) is 12.8 Å². The van der Waals surface area contributed by atoms with Crippen LogP contribution in [-0.4, -0.2) is 14.3 Å². The van der Waals surface area contributed by atoms with Gasteiger partial charge in [0, 0.05) is 10.5 Å². The van der Waals surface area contributed by atoms with Gasteiger partial charge < -0.3 is 0 Å². The van der Waals surface area contributed by atoms with Gasteiger partial charge in [0.15, 0.2) is 0 Å². The van der Waals surface area contributed by atoms with Crippen molar-refractivity contribution in [1.82, 2.24) is 0 Å². The molecular formula is C13H8FN3O3S. The molecule has 0 bridgehead atoms. The summed E-state index contributed by atoms with van der Waals surface area (Å²) < 4.78 is 37.3. The van der Waals surface area contributed by atoms with Crippen LogP contribution in [0.3, 0.4) is 0 Å². The van der Waals surface area contributed by atoms with E-state index in [2.05, 4.69) is 10.0 Å². The molecule has 0 atom stereocenters. The number of nitrogens with zero attached hydrogens (tertiary/aromatic N) is 3. The minimum Gasteiger partial charge on any atom is -0.287 e. The van der Waals surface area contributed by atoms with Crippen molar-refractivity contribution in [1.29, 1.82) is 0 Å². The number of azide groups is 1. The van der Waals surface area contributed by atoms with Crippen molar-refractivity contribution >= 4 is 15.7 Å². The van der Waals surface area contributed by atoms with E-state index in [4.69, 9.17) is 5.53 Å². The fourth-order valence-electron chi connectivity index (χ4n) is 1.62. The Hall–Kier alpha value is -2.70. The van der Waals surface area contributed by atoms with E-state index >= 15 is 0 Å². The number of carbonyl (C=O) groups excluding carboxylic acids is 1. The monoisotopic (exact) mass is 305 g/mol. The third-order valence-electron chi connectivity index (χ3n) is 2.67. The molecule has 2 rings (SSSR count). The Morgan fingerprint density at radius 1 is 1.00 bits per heavy atom. The Balaban J connectivity index is 2.40. The number of benzene rings is 2. The highest BCUT2D eigenvalue weighted by atomic mass is 32.2. The average molecular weight is 305 g/mol. The van der Waals surface area contributed by atoms with E-state index in [1.165, 1.54) is 24.3 Å². The van der Waals surface area contributed by atoms with Crippen LogP contribution in [0.5, 0.6) is 0 Å². The summed E-state index contributed by atoms with van der Waals surface area (Å²) in [5.41, 5.74) is 8.24. The van der Waals surface area contributed by atoms with Gasteiger partial charge in [0.05, 0.1) is 9.79 Å². The van der Waals surface area contributed by atoms with Crippen LogP contribution < -0.4 is 0 Å². The quantitative estimate of drug-likeness (QED) is 0.377. The van der Waals surface area contributed by atoms with Crippen molar-refractivity contribution in [2.24, 2.45) is 5.11 Å². The first kappa shape index (κ1) is 14.7. The maximum absolute atomic E-state index is 12.8. The summed E-state index contributed by atoms with van der Waals surface area (Å²) in [6.07, 6.45) is 0. The third kappa shape index (κ3) is 3.07. The van der Waals surface area contributed by atoms with Crippen LogP contribution in [0.1, 0.15) is 10.4 Å². The molecule has 2 aromatic rings. The average Bonchev–Trinajstić information content (AvgIpc) is 2.48. The number of sulfone groups is 1. The van der Waals surface area contributed by atoms with Gasteiger partial charge in [-0.1, -0.05) is 0 Å². The van der Waals surface area contributed by atoms with Crippen molar-refractivity contribution in [3.8, 4) is 0 Å². The first-order chi connectivity index (χ1) is 9.95. The normalized spacial score (nSPS) is 10.7. The van der Waals surface area contributed by atoms with Crippen LogP contribution in [0.25, 0.3) is 10.4 Å². The molecule has 21 heavy (non-hydrogen) atoms. The van der Waals surface area contributed by atoms with Crippen LogP contribution in [0.15, 0.2) is 63.4 Å². The molecule has 0 aliphatic heterocycles. The van der Waals surface area contributed by atoms with E-state index < -0.39 is 21.6 Å². The van der Waals surface area contributed by atoms with E-state index in [9.17, 15) is 17.6 Å². The van der Waals surface area contributed by atoms with Crippen LogP contribution >= 0.6 is 0 Å². The second-order valence-corrected chi connectivity index (χ2v) is 5.93. The van der Waals surface area contributed by atoms with Crippen molar-refractivity contribution in [2.75, 3.05) is 0 Å². The molecule has 0 saturated heterocycles. The molecule has 0 heterocycles. The van der Waals surface area contributed by atoms with Gasteiger partial charge in [0.2, 0.25) is 15.7 Å². The number of hydrogen-bond acceptors (Lipinski definition) is 3. The summed E-state index contributed by atoms with van der Waals surface area (Å²) in [6.45, 7) is 0. The van der Waals surface area contributed by atoms with Crippen LogP contribution in [0.2, 0.25) is 0 Å². The zero-order valence-electron chi connectivity index (χ0n) is 10.5. The summed E-state index contributed by atoms with van der Waals surface area (Å²) in [5.74, 6) is -1.34. The third-order valence-corrected chi connectivity index (χ3v) is 4.46. The predicted octanol–water partition coefficient (Wildman–Crippen LogP) is 3.11. The molecular weight excluding hydrogens is 297 g/mol. The molecule has 0 saturated carbocycles. The van der Waals surface area contributed by atoms with Gasteiger partial charge in [-0.05, 0) is 59.2 Å². The van der Waals surface area contributed by atoms with Crippen molar-refractivity contribution in [3.05, 3.63) is 70.4 Å². The van der Waals surface area contributed by atoms with Crippen molar-refractivity contribution < 1.29 is 17.6 Å². The first-order valence-electron chi connectivity index (χ1n) is 5.65. The summed E-state index contributed by atoms with van der Waals surface area (Å²) in [7, 11) is -3.79. The topological polar surface area (TPSA) is 100.0 Å². The molecule has 0 fully saturated rings. The fourth-order valence-corrected chi connectivity index (χ4v) is 2.89. The highest BCUT2D eigenvalue weighted by Crippen LogP contribution is 2.21. The first-order valence-corrected chi connectivity index (χ1v) is 7.13. The Morgan fingerprint density at radius 2 is 1.48 bits per heavy atom. The standard InChI is InChI=1S/C13H8FN3O3S/c14-10-3-7-12(8-4-10)21(19,20)11-5-1-9(2-6-11)13(18)16-17-15/h1-8H. The lowest BCUT2D eigenvalue weighted by Gasteiger charge is -2.05. The Kier molecular flexibility index (Phi) is 4.02. The molecule has 0 spiro atoms. The van der Waals surface area contributed by atoms with Gasteiger partial charge in [-0.3, -0.25) is 4.79 Å². The molecule has 1 amide bonds. The summed E-state index contributed by atoms with van der Waals surface area (Å²) in [5, 5.41) is 2.91. The lowest BCUT2D eigenvalue weighted by molar-refractivity contribution is 0.100. The SMILES string of the molecule is [N-]=[N+]=NC(=O)c1ccc(S(=O)(=O)c2ccc(F)cc2)cc1. The molecule has 6 nitrogen and oxygen atoms in total. The fraction of sp³-hybridized carbons (Fsp3) is 0. The van der Waals surface area contributed by atoms with E-state index in [0.717, 1.165) is 24.3 Å². The minimum absolute atomic E-state index is 0.0494. The van der Waals surface area contributed by atoms with E-state index in [0.29, 0.717) is 0 Å². The van der Waals surface area contributed by atoms with Gasteiger partial charge in [-0.2, -0.15) is 0 Å². The molecule has 106 valence electrons. The molecule has 0 aliphatic carbocycles. The highest BCUT2D eigenvalue weighted by Gasteiger charge is 2.17. The van der Waals surface area contributed by atoms with E-state index in [1.807, 2.05) is 0 Å². The second-order valence-electron chi connectivity index (χ2n) is 3.98. The molecule has 0 unspecified atom stereocenters. The zero-order valence-corrected chi connectivity index (χ0v) is 11.3. The van der Waals surface area contributed by atoms with E-state index in [1.54, 1.807) is 0 Å². The van der Waals surface area contributed by atoms with Crippen LogP contribution in [0, 0.1) is 5.82 Å². The largest absolute Gasteiger partial charge is 0.287 e. The van der Waals surface area contributed by atoms with E-state index in [-0.39, 0.29) is 15.4 Å². The van der Waals surface area contributed by atoms with Crippen molar-refractivity contribution in [3.63, 3.8) is 0 Å². The molecule has 2 aromatic carbocycles. The highest BCUT2D eigenvalue weighted by molar-refractivity contribution is 7.91. The number of amides is 1. The summed E-state index contributed by atoms with van der Waals surface area (Å²) >= 11 is 0. The summed E-state index contributed by atoms with van der Waals surface area (Å²) in [4.78, 5) is 13.6. The lowest BCUT2D eigenvalue weighted by atomic mass is 10.2. The number of rotatable bonds is 3. The number of hydrogen-bond donors (Lipinski definition) is 0. The Labute approximate surface area is 119 Å². The Bertz CT molecular complexity index is 824. The van der Waals surface area contributed by atoms with Gasteiger partial charge in [0.1, 0.15) is 5.82 Å². The maximum Gasteiger partial charge on any atom is 0.249 e. The Morgan fingerprint density at radius 3 is 1.95 bits per heavy atom. The molecule has 0 radical (unpaired) electrons. The molecule has 0 aliphatic rings.